The maximum atomic E-state index is 12.5. The van der Waals surface area contributed by atoms with Crippen LogP contribution in [-0.4, -0.2) is 39.6 Å². The number of amides is 1. The van der Waals surface area contributed by atoms with Gasteiger partial charge >= 0.3 is 12.5 Å². The number of rotatable bonds is 3. The van der Waals surface area contributed by atoms with E-state index in [0.717, 1.165) is 18.7 Å². The van der Waals surface area contributed by atoms with E-state index >= 15 is 0 Å². The third-order valence-corrected chi connectivity index (χ3v) is 5.89. The molecule has 33 heavy (non-hydrogen) atoms. The zero-order valence-corrected chi connectivity index (χ0v) is 18.8. The number of fused-ring (bicyclic) bond motifs is 1. The number of aromatic amines is 1. The fourth-order valence-electron chi connectivity index (χ4n) is 4.39. The molecule has 0 unspecified atom stereocenters. The number of carbonyl (C=O) groups is 1. The van der Waals surface area contributed by atoms with Crippen LogP contribution in [0, 0.1) is 0 Å². The van der Waals surface area contributed by atoms with Crippen LogP contribution >= 0.6 is 24.8 Å². The SMILES string of the molecule is Cl.Cl.O=C1O[C@]2(CC[C@H](c3nc4cc(OC(F)(F)F)ccc4[nH]3)CC2)CN1c1ccccn1. The summed E-state index contributed by atoms with van der Waals surface area (Å²) in [5, 5.41) is 0. The van der Waals surface area contributed by atoms with Crippen molar-refractivity contribution in [2.24, 2.45) is 0 Å². The van der Waals surface area contributed by atoms with Gasteiger partial charge in [0.05, 0.1) is 17.6 Å². The summed E-state index contributed by atoms with van der Waals surface area (Å²) >= 11 is 0. The normalized spacial score (nSPS) is 22.6. The number of anilines is 1. The number of benzene rings is 1. The minimum Gasteiger partial charge on any atom is -0.441 e. The summed E-state index contributed by atoms with van der Waals surface area (Å²) in [5.74, 6) is 1.10. The molecule has 2 fully saturated rings. The molecule has 1 amide bonds. The highest BCUT2D eigenvalue weighted by Gasteiger charge is 2.48. The largest absolute Gasteiger partial charge is 0.573 e. The van der Waals surface area contributed by atoms with Gasteiger partial charge in [-0.2, -0.15) is 0 Å². The predicted octanol–water partition coefficient (Wildman–Crippen LogP) is 5.75. The lowest BCUT2D eigenvalue weighted by atomic mass is 9.78. The van der Waals surface area contributed by atoms with Gasteiger partial charge in [-0.05, 0) is 49.9 Å². The van der Waals surface area contributed by atoms with Crippen LogP contribution in [0.1, 0.15) is 37.4 Å². The Morgan fingerprint density at radius 1 is 1.15 bits per heavy atom. The topological polar surface area (TPSA) is 80.3 Å². The fourth-order valence-corrected chi connectivity index (χ4v) is 4.39. The predicted molar refractivity (Wildman–Crippen MR) is 119 cm³/mol. The summed E-state index contributed by atoms with van der Waals surface area (Å²) < 4.78 is 47.1. The summed E-state index contributed by atoms with van der Waals surface area (Å²) in [6, 6.07) is 9.45. The van der Waals surface area contributed by atoms with Crippen molar-refractivity contribution in [3.05, 3.63) is 48.4 Å². The summed E-state index contributed by atoms with van der Waals surface area (Å²) in [7, 11) is 0. The Hall–Kier alpha value is -2.72. The highest BCUT2D eigenvalue weighted by atomic mass is 35.5. The molecule has 1 aliphatic heterocycles. The quantitative estimate of drug-likeness (QED) is 0.490. The number of H-pyrrole nitrogens is 1. The molecular weight excluding hydrogens is 484 g/mol. The molecule has 5 rings (SSSR count). The fraction of sp³-hybridized carbons (Fsp3) is 0.381. The summed E-state index contributed by atoms with van der Waals surface area (Å²) in [6.07, 6.45) is -0.662. The van der Waals surface area contributed by atoms with Crippen LogP contribution in [0.2, 0.25) is 0 Å². The Labute approximate surface area is 199 Å². The van der Waals surface area contributed by atoms with Gasteiger partial charge < -0.3 is 14.5 Å². The minimum absolute atomic E-state index is 0. The molecule has 3 heterocycles. The van der Waals surface area contributed by atoms with Gasteiger partial charge in [-0.3, -0.25) is 4.90 Å². The van der Waals surface area contributed by atoms with Gasteiger partial charge in [0.1, 0.15) is 23.0 Å². The van der Waals surface area contributed by atoms with Crippen molar-refractivity contribution in [1.29, 1.82) is 0 Å². The molecule has 1 spiro atoms. The van der Waals surface area contributed by atoms with E-state index in [4.69, 9.17) is 4.74 Å². The van der Waals surface area contributed by atoms with Crippen molar-refractivity contribution in [2.75, 3.05) is 11.4 Å². The first kappa shape index (κ1) is 24.9. The second kappa shape index (κ2) is 9.26. The van der Waals surface area contributed by atoms with E-state index in [1.165, 1.54) is 18.2 Å². The number of ether oxygens (including phenoxy) is 2. The van der Waals surface area contributed by atoms with Crippen molar-refractivity contribution in [3.63, 3.8) is 0 Å². The zero-order chi connectivity index (χ0) is 21.6. The summed E-state index contributed by atoms with van der Waals surface area (Å²) in [6.45, 7) is 0.452. The lowest BCUT2D eigenvalue weighted by Crippen LogP contribution is -2.38. The standard InChI is InChI=1S/C21H19F3N4O3.2ClH/c22-21(23,24)30-14-4-5-15-16(11-14)27-18(26-15)13-6-8-20(9-7-13)12-28(19(29)31-20)17-3-1-2-10-25-17;;/h1-5,10-11,13H,6-9,12H2,(H,26,27);2*1H/t13-,20-;;. The first-order valence-corrected chi connectivity index (χ1v) is 9.97. The molecule has 0 atom stereocenters. The molecule has 1 saturated carbocycles. The number of aromatic nitrogens is 3. The molecule has 1 N–H and O–H groups in total. The van der Waals surface area contributed by atoms with Crippen LogP contribution in [0.15, 0.2) is 42.6 Å². The van der Waals surface area contributed by atoms with Crippen molar-refractivity contribution < 1.29 is 27.4 Å². The van der Waals surface area contributed by atoms with Gasteiger partial charge in [0.25, 0.3) is 0 Å². The summed E-state index contributed by atoms with van der Waals surface area (Å²) in [5.41, 5.74) is 0.522. The second-order valence-corrected chi connectivity index (χ2v) is 7.95. The van der Waals surface area contributed by atoms with Crippen LogP contribution < -0.4 is 9.64 Å². The molecule has 1 saturated heterocycles. The van der Waals surface area contributed by atoms with E-state index in [-0.39, 0.29) is 36.5 Å². The monoisotopic (exact) mass is 504 g/mol. The van der Waals surface area contributed by atoms with E-state index in [9.17, 15) is 18.0 Å². The lowest BCUT2D eigenvalue weighted by molar-refractivity contribution is -0.274. The molecule has 2 aliphatic rings. The van der Waals surface area contributed by atoms with Gasteiger partial charge in [-0.15, -0.1) is 38.0 Å². The van der Waals surface area contributed by atoms with Crippen LogP contribution in [0.25, 0.3) is 11.0 Å². The Bertz CT molecular complexity index is 1120. The average molecular weight is 505 g/mol. The number of nitrogens with zero attached hydrogens (tertiary/aromatic N) is 3. The number of carbonyl (C=O) groups excluding carboxylic acids is 1. The molecule has 2 aromatic heterocycles. The van der Waals surface area contributed by atoms with Crippen LogP contribution in [-0.2, 0) is 4.74 Å². The highest BCUT2D eigenvalue weighted by Crippen LogP contribution is 2.43. The lowest BCUT2D eigenvalue weighted by Gasteiger charge is -2.34. The van der Waals surface area contributed by atoms with E-state index in [0.29, 0.717) is 36.2 Å². The van der Waals surface area contributed by atoms with E-state index in [1.54, 1.807) is 23.2 Å². The molecular formula is C21H21Cl2F3N4O3. The molecule has 7 nitrogen and oxygen atoms in total. The number of nitrogens with one attached hydrogen (secondary N) is 1. The number of hydrogen-bond acceptors (Lipinski definition) is 5. The van der Waals surface area contributed by atoms with Gasteiger partial charge in [-0.1, -0.05) is 6.07 Å². The Morgan fingerprint density at radius 3 is 2.58 bits per heavy atom. The third kappa shape index (κ3) is 5.11. The van der Waals surface area contributed by atoms with E-state index < -0.39 is 18.1 Å². The number of imidazole rings is 1. The third-order valence-electron chi connectivity index (χ3n) is 5.89. The van der Waals surface area contributed by atoms with Crippen molar-refractivity contribution >= 4 is 47.8 Å². The Morgan fingerprint density at radius 2 is 1.91 bits per heavy atom. The number of pyridine rings is 1. The molecule has 1 aliphatic carbocycles. The molecule has 0 radical (unpaired) electrons. The van der Waals surface area contributed by atoms with Crippen LogP contribution in [0.4, 0.5) is 23.8 Å². The number of halogens is 5. The van der Waals surface area contributed by atoms with Crippen molar-refractivity contribution in [3.8, 4) is 5.75 Å². The van der Waals surface area contributed by atoms with Gasteiger partial charge in [0.15, 0.2) is 0 Å². The molecule has 3 aromatic rings. The molecule has 0 bridgehead atoms. The van der Waals surface area contributed by atoms with Crippen LogP contribution in [0.5, 0.6) is 5.75 Å². The highest BCUT2D eigenvalue weighted by molar-refractivity contribution is 5.89. The Kier molecular flexibility index (Phi) is 6.99. The first-order valence-electron chi connectivity index (χ1n) is 9.97. The van der Waals surface area contributed by atoms with Crippen molar-refractivity contribution in [2.45, 2.75) is 43.6 Å². The molecule has 178 valence electrons. The van der Waals surface area contributed by atoms with Gasteiger partial charge in [0.2, 0.25) is 0 Å². The first-order chi connectivity index (χ1) is 14.8. The number of hydrogen-bond donors (Lipinski definition) is 1. The van der Waals surface area contributed by atoms with E-state index in [2.05, 4.69) is 19.7 Å². The van der Waals surface area contributed by atoms with Crippen LogP contribution in [0.3, 0.4) is 0 Å². The van der Waals surface area contributed by atoms with Gasteiger partial charge in [0, 0.05) is 18.2 Å². The average Bonchev–Trinajstić information content (AvgIpc) is 3.29. The minimum atomic E-state index is -4.74. The number of alkyl halides is 3. The van der Waals surface area contributed by atoms with Crippen molar-refractivity contribution in [1.82, 2.24) is 15.0 Å². The molecule has 1 aromatic carbocycles. The zero-order valence-electron chi connectivity index (χ0n) is 17.2. The van der Waals surface area contributed by atoms with Gasteiger partial charge in [-0.25, -0.2) is 14.8 Å². The Balaban J connectivity index is 0.00000153. The smallest absolute Gasteiger partial charge is 0.441 e. The molecule has 12 heteroatoms. The maximum Gasteiger partial charge on any atom is 0.573 e. The van der Waals surface area contributed by atoms with E-state index in [1.807, 2.05) is 6.07 Å². The maximum absolute atomic E-state index is 12.5. The second-order valence-electron chi connectivity index (χ2n) is 7.95. The summed E-state index contributed by atoms with van der Waals surface area (Å²) in [4.78, 5) is 25.9.